The molecule has 1 aromatic carbocycles. The smallest absolute Gasteiger partial charge is 0.223 e. The third kappa shape index (κ3) is 3.51. The number of carbonyl (C=O) groups excluding carboxylic acids is 1. The van der Waals surface area contributed by atoms with Crippen molar-refractivity contribution in [3.63, 3.8) is 0 Å². The standard InChI is InChI=1S/C16H23NO3/c1-12(17-10-14(11-18)9-16(17)19)3-4-13-5-7-15(20-2)8-6-13/h5-8,12,14,18H,3-4,9-11H2,1-2H3. The maximum absolute atomic E-state index is 11.9. The van der Waals surface area contributed by atoms with Gasteiger partial charge in [0.2, 0.25) is 5.91 Å². The molecule has 0 aliphatic carbocycles. The molecular weight excluding hydrogens is 254 g/mol. The molecule has 1 saturated heterocycles. The molecule has 2 rings (SSSR count). The highest BCUT2D eigenvalue weighted by Gasteiger charge is 2.31. The zero-order chi connectivity index (χ0) is 14.5. The topological polar surface area (TPSA) is 49.8 Å². The van der Waals surface area contributed by atoms with E-state index in [4.69, 9.17) is 9.84 Å². The number of amides is 1. The number of hydrogen-bond donors (Lipinski definition) is 1. The summed E-state index contributed by atoms with van der Waals surface area (Å²) < 4.78 is 5.14. The van der Waals surface area contributed by atoms with Gasteiger partial charge in [-0.05, 0) is 37.5 Å². The minimum atomic E-state index is 0.105. The molecule has 1 amide bonds. The van der Waals surface area contributed by atoms with E-state index in [9.17, 15) is 4.79 Å². The fraction of sp³-hybridized carbons (Fsp3) is 0.562. The molecule has 110 valence electrons. The molecular formula is C16H23NO3. The minimum Gasteiger partial charge on any atom is -0.497 e. The van der Waals surface area contributed by atoms with Crippen LogP contribution in [0.5, 0.6) is 5.75 Å². The Bertz CT molecular complexity index is 444. The monoisotopic (exact) mass is 277 g/mol. The number of aliphatic hydroxyl groups is 1. The molecule has 1 aromatic rings. The Balaban J connectivity index is 1.85. The predicted molar refractivity (Wildman–Crippen MR) is 77.7 cm³/mol. The summed E-state index contributed by atoms with van der Waals surface area (Å²) in [6, 6.07) is 8.27. The lowest BCUT2D eigenvalue weighted by molar-refractivity contribution is -0.129. The normalized spacial score (nSPS) is 20.2. The molecule has 0 spiro atoms. The average molecular weight is 277 g/mol. The molecule has 0 saturated carbocycles. The fourth-order valence-electron chi connectivity index (χ4n) is 2.68. The van der Waals surface area contributed by atoms with Gasteiger partial charge in [0.25, 0.3) is 0 Å². The lowest BCUT2D eigenvalue weighted by Gasteiger charge is -2.24. The molecule has 4 nitrogen and oxygen atoms in total. The van der Waals surface area contributed by atoms with E-state index >= 15 is 0 Å². The number of nitrogens with zero attached hydrogens (tertiary/aromatic N) is 1. The molecule has 1 heterocycles. The lowest BCUT2D eigenvalue weighted by atomic mass is 10.1. The number of carbonyl (C=O) groups is 1. The summed E-state index contributed by atoms with van der Waals surface area (Å²) in [5.41, 5.74) is 1.25. The lowest BCUT2D eigenvalue weighted by Crippen LogP contribution is -2.35. The van der Waals surface area contributed by atoms with Crippen LogP contribution in [0.15, 0.2) is 24.3 Å². The van der Waals surface area contributed by atoms with Crippen LogP contribution in [0.2, 0.25) is 0 Å². The van der Waals surface area contributed by atoms with Crippen LogP contribution in [0.25, 0.3) is 0 Å². The quantitative estimate of drug-likeness (QED) is 0.863. The molecule has 0 bridgehead atoms. The van der Waals surface area contributed by atoms with Crippen molar-refractivity contribution in [2.75, 3.05) is 20.3 Å². The molecule has 4 heteroatoms. The molecule has 20 heavy (non-hydrogen) atoms. The molecule has 1 fully saturated rings. The third-order valence-corrected chi connectivity index (χ3v) is 4.04. The van der Waals surface area contributed by atoms with E-state index < -0.39 is 0 Å². The van der Waals surface area contributed by atoms with Gasteiger partial charge in [-0.25, -0.2) is 0 Å². The second-order valence-electron chi connectivity index (χ2n) is 5.53. The van der Waals surface area contributed by atoms with E-state index in [1.807, 2.05) is 17.0 Å². The van der Waals surface area contributed by atoms with Crippen molar-refractivity contribution in [3.8, 4) is 5.75 Å². The van der Waals surface area contributed by atoms with E-state index in [2.05, 4.69) is 19.1 Å². The Hall–Kier alpha value is -1.55. The van der Waals surface area contributed by atoms with Crippen molar-refractivity contribution in [1.29, 1.82) is 0 Å². The van der Waals surface area contributed by atoms with E-state index in [-0.39, 0.29) is 24.5 Å². The van der Waals surface area contributed by atoms with Crippen LogP contribution < -0.4 is 4.74 Å². The molecule has 0 radical (unpaired) electrons. The van der Waals surface area contributed by atoms with Crippen molar-refractivity contribution < 1.29 is 14.6 Å². The third-order valence-electron chi connectivity index (χ3n) is 4.04. The number of likely N-dealkylation sites (tertiary alicyclic amines) is 1. The number of aliphatic hydroxyl groups excluding tert-OH is 1. The molecule has 1 aliphatic heterocycles. The van der Waals surface area contributed by atoms with Crippen LogP contribution in [0.1, 0.15) is 25.3 Å². The highest BCUT2D eigenvalue weighted by atomic mass is 16.5. The maximum Gasteiger partial charge on any atom is 0.223 e. The number of ether oxygens (including phenoxy) is 1. The highest BCUT2D eigenvalue weighted by Crippen LogP contribution is 2.22. The van der Waals surface area contributed by atoms with Gasteiger partial charge in [0.1, 0.15) is 5.75 Å². The predicted octanol–water partition coefficient (Wildman–Crippen LogP) is 1.86. The highest BCUT2D eigenvalue weighted by molar-refractivity contribution is 5.78. The second kappa shape index (κ2) is 6.75. The van der Waals surface area contributed by atoms with Crippen molar-refractivity contribution in [2.24, 2.45) is 5.92 Å². The molecule has 2 atom stereocenters. The van der Waals surface area contributed by atoms with Gasteiger partial charge in [-0.1, -0.05) is 12.1 Å². The summed E-state index contributed by atoms with van der Waals surface area (Å²) in [5.74, 6) is 1.15. The minimum absolute atomic E-state index is 0.105. The summed E-state index contributed by atoms with van der Waals surface area (Å²) in [7, 11) is 1.66. The van der Waals surface area contributed by atoms with Gasteiger partial charge in [0.15, 0.2) is 0 Å². The van der Waals surface area contributed by atoms with Gasteiger partial charge in [-0.3, -0.25) is 4.79 Å². The van der Waals surface area contributed by atoms with Crippen LogP contribution in [-0.2, 0) is 11.2 Å². The molecule has 1 N–H and O–H groups in total. The first-order valence-electron chi connectivity index (χ1n) is 7.17. The average Bonchev–Trinajstić information content (AvgIpc) is 2.86. The van der Waals surface area contributed by atoms with Crippen molar-refractivity contribution in [2.45, 2.75) is 32.2 Å². The van der Waals surface area contributed by atoms with Crippen molar-refractivity contribution in [1.82, 2.24) is 4.90 Å². The Kier molecular flexibility index (Phi) is 5.01. The number of benzene rings is 1. The summed E-state index contributed by atoms with van der Waals surface area (Å²) >= 11 is 0. The van der Waals surface area contributed by atoms with Gasteiger partial charge in [0, 0.05) is 31.5 Å². The van der Waals surface area contributed by atoms with E-state index in [0.29, 0.717) is 13.0 Å². The van der Waals surface area contributed by atoms with Crippen LogP contribution in [0, 0.1) is 5.92 Å². The van der Waals surface area contributed by atoms with Gasteiger partial charge in [-0.15, -0.1) is 0 Å². The SMILES string of the molecule is COc1ccc(CCC(C)N2CC(CO)CC2=O)cc1. The zero-order valence-electron chi connectivity index (χ0n) is 12.2. The summed E-state index contributed by atoms with van der Waals surface area (Å²) in [4.78, 5) is 13.8. The molecule has 1 aliphatic rings. The Morgan fingerprint density at radius 1 is 1.40 bits per heavy atom. The van der Waals surface area contributed by atoms with Gasteiger partial charge >= 0.3 is 0 Å². The first-order valence-corrected chi connectivity index (χ1v) is 7.17. The largest absolute Gasteiger partial charge is 0.497 e. The first-order chi connectivity index (χ1) is 9.63. The van der Waals surface area contributed by atoms with Crippen molar-refractivity contribution in [3.05, 3.63) is 29.8 Å². The number of methoxy groups -OCH3 is 1. The zero-order valence-corrected chi connectivity index (χ0v) is 12.2. The summed E-state index contributed by atoms with van der Waals surface area (Å²) in [5, 5.41) is 9.15. The Morgan fingerprint density at radius 2 is 2.10 bits per heavy atom. The molecule has 2 unspecified atom stereocenters. The number of rotatable bonds is 6. The number of hydrogen-bond acceptors (Lipinski definition) is 3. The van der Waals surface area contributed by atoms with E-state index in [0.717, 1.165) is 18.6 Å². The van der Waals surface area contributed by atoms with Crippen LogP contribution in [-0.4, -0.2) is 42.2 Å². The second-order valence-corrected chi connectivity index (χ2v) is 5.53. The van der Waals surface area contributed by atoms with Gasteiger partial charge in [0.05, 0.1) is 7.11 Å². The Labute approximate surface area is 120 Å². The molecule has 0 aromatic heterocycles. The van der Waals surface area contributed by atoms with Gasteiger partial charge in [-0.2, -0.15) is 0 Å². The van der Waals surface area contributed by atoms with Crippen molar-refractivity contribution >= 4 is 5.91 Å². The van der Waals surface area contributed by atoms with Crippen LogP contribution in [0.3, 0.4) is 0 Å². The Morgan fingerprint density at radius 3 is 2.65 bits per heavy atom. The van der Waals surface area contributed by atoms with Crippen LogP contribution in [0.4, 0.5) is 0 Å². The first kappa shape index (κ1) is 14.9. The summed E-state index contributed by atoms with van der Waals surface area (Å²) in [6.07, 6.45) is 2.37. The van der Waals surface area contributed by atoms with Gasteiger partial charge < -0.3 is 14.7 Å². The number of aryl methyl sites for hydroxylation is 1. The maximum atomic E-state index is 11.9. The van der Waals surface area contributed by atoms with Crippen LogP contribution >= 0.6 is 0 Å². The summed E-state index contributed by atoms with van der Waals surface area (Å²) in [6.45, 7) is 2.88. The van der Waals surface area contributed by atoms with E-state index in [1.54, 1.807) is 7.11 Å². The fourth-order valence-corrected chi connectivity index (χ4v) is 2.68. The van der Waals surface area contributed by atoms with E-state index in [1.165, 1.54) is 5.56 Å².